The minimum atomic E-state index is 0.546. The Morgan fingerprint density at radius 1 is 1.17 bits per heavy atom. The second-order valence-electron chi connectivity index (χ2n) is 2.98. The summed E-state index contributed by atoms with van der Waals surface area (Å²) in [6.07, 6.45) is 0. The van der Waals surface area contributed by atoms with Gasteiger partial charge in [0.05, 0.1) is 5.69 Å². The van der Waals surface area contributed by atoms with Crippen LogP contribution in [-0.2, 0) is 0 Å². The average Bonchev–Trinajstić information content (AvgIpc) is 1.82. The molecule has 0 aromatic carbocycles. The lowest BCUT2D eigenvalue weighted by Crippen LogP contribution is -2.15. The lowest BCUT2D eigenvalue weighted by atomic mass is 10.3. The van der Waals surface area contributed by atoms with E-state index in [1.807, 2.05) is 32.8 Å². The van der Waals surface area contributed by atoms with Gasteiger partial charge in [-0.05, 0) is 13.8 Å². The molecule has 12 heavy (non-hydrogen) atoms. The standard InChI is InChI=1S/C8H14N4/c1-5-7(12(3)4)8(9)11-6(2)10-5/h1-4H3,(H2,9,10,11). The summed E-state index contributed by atoms with van der Waals surface area (Å²) in [6, 6.07) is 0. The molecule has 1 heterocycles. The second kappa shape index (κ2) is 2.97. The molecule has 2 N–H and O–H groups in total. The number of nitrogen functional groups attached to an aromatic ring is 1. The Hall–Kier alpha value is -1.32. The lowest BCUT2D eigenvalue weighted by Gasteiger charge is -2.16. The summed E-state index contributed by atoms with van der Waals surface area (Å²) in [5.41, 5.74) is 7.56. The molecule has 1 rings (SSSR count). The van der Waals surface area contributed by atoms with E-state index in [1.54, 1.807) is 0 Å². The molecule has 0 aliphatic heterocycles. The van der Waals surface area contributed by atoms with Crippen LogP contribution >= 0.6 is 0 Å². The van der Waals surface area contributed by atoms with Crippen molar-refractivity contribution >= 4 is 11.5 Å². The smallest absolute Gasteiger partial charge is 0.151 e. The predicted octanol–water partition coefficient (Wildman–Crippen LogP) is 0.742. The van der Waals surface area contributed by atoms with Crippen molar-refractivity contribution < 1.29 is 0 Å². The number of nitrogens with zero attached hydrogens (tertiary/aromatic N) is 3. The van der Waals surface area contributed by atoms with Crippen LogP contribution < -0.4 is 10.6 Å². The normalized spacial score (nSPS) is 10.0. The monoisotopic (exact) mass is 166 g/mol. The summed E-state index contributed by atoms with van der Waals surface area (Å²) in [5.74, 6) is 1.26. The number of aryl methyl sites for hydroxylation is 2. The van der Waals surface area contributed by atoms with Gasteiger partial charge in [0.15, 0.2) is 5.82 Å². The molecule has 1 aromatic rings. The highest BCUT2D eigenvalue weighted by Crippen LogP contribution is 2.21. The van der Waals surface area contributed by atoms with Crippen LogP contribution in [0.5, 0.6) is 0 Å². The molecular formula is C8H14N4. The van der Waals surface area contributed by atoms with Gasteiger partial charge < -0.3 is 10.6 Å². The molecule has 0 atom stereocenters. The Morgan fingerprint density at radius 2 is 1.75 bits per heavy atom. The fraction of sp³-hybridized carbons (Fsp3) is 0.500. The van der Waals surface area contributed by atoms with Crippen molar-refractivity contribution in [2.75, 3.05) is 24.7 Å². The van der Waals surface area contributed by atoms with Gasteiger partial charge in [-0.2, -0.15) is 0 Å². The van der Waals surface area contributed by atoms with Gasteiger partial charge in [0.1, 0.15) is 11.5 Å². The van der Waals surface area contributed by atoms with Gasteiger partial charge >= 0.3 is 0 Å². The maximum absolute atomic E-state index is 5.73. The molecule has 4 nitrogen and oxygen atoms in total. The van der Waals surface area contributed by atoms with Crippen LogP contribution in [0.4, 0.5) is 11.5 Å². The third-order valence-corrected chi connectivity index (χ3v) is 1.64. The van der Waals surface area contributed by atoms with E-state index in [0.29, 0.717) is 5.82 Å². The predicted molar refractivity (Wildman–Crippen MR) is 50.2 cm³/mol. The average molecular weight is 166 g/mol. The SMILES string of the molecule is Cc1nc(C)c(N(C)C)c(N)n1. The van der Waals surface area contributed by atoms with E-state index in [4.69, 9.17) is 5.73 Å². The summed E-state index contributed by atoms with van der Waals surface area (Å²) in [6.45, 7) is 3.77. The van der Waals surface area contributed by atoms with E-state index >= 15 is 0 Å². The van der Waals surface area contributed by atoms with Crippen LogP contribution in [0.15, 0.2) is 0 Å². The largest absolute Gasteiger partial charge is 0.382 e. The van der Waals surface area contributed by atoms with Crippen molar-refractivity contribution in [3.8, 4) is 0 Å². The molecule has 0 radical (unpaired) electrons. The third-order valence-electron chi connectivity index (χ3n) is 1.64. The fourth-order valence-electron chi connectivity index (χ4n) is 1.29. The molecule has 0 saturated heterocycles. The first-order valence-electron chi connectivity index (χ1n) is 3.80. The Labute approximate surface area is 72.4 Å². The van der Waals surface area contributed by atoms with Crippen LogP contribution in [0, 0.1) is 13.8 Å². The van der Waals surface area contributed by atoms with Crippen molar-refractivity contribution in [1.82, 2.24) is 9.97 Å². The van der Waals surface area contributed by atoms with Gasteiger partial charge in [0.2, 0.25) is 0 Å². The molecule has 66 valence electrons. The maximum Gasteiger partial charge on any atom is 0.151 e. The summed E-state index contributed by atoms with van der Waals surface area (Å²) >= 11 is 0. The van der Waals surface area contributed by atoms with Gasteiger partial charge in [-0.15, -0.1) is 0 Å². The van der Waals surface area contributed by atoms with Crippen molar-refractivity contribution in [2.24, 2.45) is 0 Å². The highest BCUT2D eigenvalue weighted by Gasteiger charge is 2.08. The number of hydrogen-bond acceptors (Lipinski definition) is 4. The molecule has 0 bridgehead atoms. The first kappa shape index (κ1) is 8.77. The Bertz CT molecular complexity index is 270. The van der Waals surface area contributed by atoms with E-state index in [-0.39, 0.29) is 0 Å². The molecule has 0 aliphatic rings. The Kier molecular flexibility index (Phi) is 2.17. The molecule has 4 heteroatoms. The van der Waals surface area contributed by atoms with Crippen molar-refractivity contribution in [3.63, 3.8) is 0 Å². The van der Waals surface area contributed by atoms with Crippen molar-refractivity contribution in [2.45, 2.75) is 13.8 Å². The number of nitrogens with two attached hydrogens (primary N) is 1. The zero-order valence-electron chi connectivity index (χ0n) is 7.92. The third kappa shape index (κ3) is 1.47. The zero-order valence-corrected chi connectivity index (χ0v) is 7.92. The Morgan fingerprint density at radius 3 is 2.17 bits per heavy atom. The molecule has 0 unspecified atom stereocenters. The molecule has 0 spiro atoms. The molecule has 0 fully saturated rings. The van der Waals surface area contributed by atoms with Gasteiger partial charge in [-0.3, -0.25) is 0 Å². The molecule has 0 amide bonds. The minimum absolute atomic E-state index is 0.546. The van der Waals surface area contributed by atoms with Crippen LogP contribution in [0.1, 0.15) is 11.5 Å². The maximum atomic E-state index is 5.73. The number of aromatic nitrogens is 2. The minimum Gasteiger partial charge on any atom is -0.382 e. The molecular weight excluding hydrogens is 152 g/mol. The van der Waals surface area contributed by atoms with Gasteiger partial charge in [-0.1, -0.05) is 0 Å². The Balaban J connectivity index is 3.28. The number of hydrogen-bond donors (Lipinski definition) is 1. The topological polar surface area (TPSA) is 55.0 Å². The fourth-order valence-corrected chi connectivity index (χ4v) is 1.29. The van der Waals surface area contributed by atoms with Crippen LogP contribution in [0.3, 0.4) is 0 Å². The van der Waals surface area contributed by atoms with Crippen molar-refractivity contribution in [1.29, 1.82) is 0 Å². The van der Waals surface area contributed by atoms with E-state index < -0.39 is 0 Å². The zero-order chi connectivity index (χ0) is 9.30. The van der Waals surface area contributed by atoms with Gasteiger partial charge in [0.25, 0.3) is 0 Å². The van der Waals surface area contributed by atoms with E-state index in [2.05, 4.69) is 9.97 Å². The summed E-state index contributed by atoms with van der Waals surface area (Å²) in [7, 11) is 3.86. The highest BCUT2D eigenvalue weighted by molar-refractivity contribution is 5.65. The number of anilines is 2. The second-order valence-corrected chi connectivity index (χ2v) is 2.98. The van der Waals surface area contributed by atoms with Crippen molar-refractivity contribution in [3.05, 3.63) is 11.5 Å². The first-order chi connectivity index (χ1) is 5.52. The first-order valence-corrected chi connectivity index (χ1v) is 3.80. The van der Waals surface area contributed by atoms with Crippen LogP contribution in [0.2, 0.25) is 0 Å². The molecule has 0 saturated carbocycles. The molecule has 0 aliphatic carbocycles. The van der Waals surface area contributed by atoms with Crippen LogP contribution in [0.25, 0.3) is 0 Å². The summed E-state index contributed by atoms with van der Waals surface area (Å²) in [5, 5.41) is 0. The number of rotatable bonds is 1. The van der Waals surface area contributed by atoms with E-state index in [1.165, 1.54) is 0 Å². The quantitative estimate of drug-likeness (QED) is 0.668. The van der Waals surface area contributed by atoms with Gasteiger partial charge in [-0.25, -0.2) is 9.97 Å². The highest BCUT2D eigenvalue weighted by atomic mass is 15.1. The molecule has 1 aromatic heterocycles. The van der Waals surface area contributed by atoms with E-state index in [0.717, 1.165) is 17.2 Å². The lowest BCUT2D eigenvalue weighted by molar-refractivity contribution is 0.983. The van der Waals surface area contributed by atoms with E-state index in [9.17, 15) is 0 Å². The van der Waals surface area contributed by atoms with Crippen LogP contribution in [-0.4, -0.2) is 24.1 Å². The summed E-state index contributed by atoms with van der Waals surface area (Å²) in [4.78, 5) is 10.2. The summed E-state index contributed by atoms with van der Waals surface area (Å²) < 4.78 is 0. The van der Waals surface area contributed by atoms with Gasteiger partial charge in [0, 0.05) is 14.1 Å².